The van der Waals surface area contributed by atoms with Crippen molar-refractivity contribution in [2.75, 3.05) is 16.4 Å². The predicted molar refractivity (Wildman–Crippen MR) is 140 cm³/mol. The van der Waals surface area contributed by atoms with Gasteiger partial charge in [-0.3, -0.25) is 9.59 Å². The van der Waals surface area contributed by atoms with Crippen LogP contribution in [0.1, 0.15) is 38.5 Å². The van der Waals surface area contributed by atoms with Gasteiger partial charge in [0.2, 0.25) is 11.8 Å². The number of nitrogens with one attached hydrogen (secondary N) is 2. The first-order chi connectivity index (χ1) is 16.4. The van der Waals surface area contributed by atoms with Gasteiger partial charge in [-0.25, -0.2) is 4.98 Å². The first-order valence-corrected chi connectivity index (χ1v) is 14.0. The Kier molecular flexibility index (Phi) is 5.82. The fourth-order valence-electron chi connectivity index (χ4n) is 6.59. The molecule has 3 aromatic rings. The molecule has 8 heteroatoms. The van der Waals surface area contributed by atoms with Crippen molar-refractivity contribution in [2.24, 2.45) is 23.2 Å². The summed E-state index contributed by atoms with van der Waals surface area (Å²) in [5.41, 5.74) is 2.09. The van der Waals surface area contributed by atoms with E-state index in [2.05, 4.69) is 15.6 Å². The normalized spacial score (nSPS) is 27.1. The number of nitrogens with zero attached hydrogens (tertiary/aromatic N) is 1. The summed E-state index contributed by atoms with van der Waals surface area (Å²) >= 11 is 9.00. The Morgan fingerprint density at radius 2 is 1.68 bits per heavy atom. The molecule has 4 bridgehead atoms. The summed E-state index contributed by atoms with van der Waals surface area (Å²) in [6.07, 6.45) is 7.06. The van der Waals surface area contributed by atoms with Crippen LogP contribution in [0, 0.1) is 23.2 Å². The molecule has 1 heterocycles. The Balaban J connectivity index is 1.07. The molecular weight excluding hydrogens is 486 g/mol. The van der Waals surface area contributed by atoms with Gasteiger partial charge in [0.25, 0.3) is 0 Å². The number of amides is 2. The van der Waals surface area contributed by atoms with Crippen molar-refractivity contribution in [2.45, 2.75) is 42.9 Å². The van der Waals surface area contributed by atoms with E-state index in [1.54, 1.807) is 11.3 Å². The minimum atomic E-state index is -0.188. The summed E-state index contributed by atoms with van der Waals surface area (Å²) < 4.78 is 1.89. The summed E-state index contributed by atoms with van der Waals surface area (Å²) in [5, 5.41) is 6.78. The molecule has 176 valence electrons. The van der Waals surface area contributed by atoms with Gasteiger partial charge in [0.15, 0.2) is 4.34 Å². The van der Waals surface area contributed by atoms with Crippen molar-refractivity contribution >= 4 is 68.1 Å². The topological polar surface area (TPSA) is 71.1 Å². The summed E-state index contributed by atoms with van der Waals surface area (Å²) in [5.74, 6) is 2.51. The van der Waals surface area contributed by atoms with Crippen LogP contribution in [0.3, 0.4) is 0 Å². The Bertz CT molecular complexity index is 1240. The maximum absolute atomic E-state index is 13.3. The molecule has 2 amide bonds. The zero-order valence-electron chi connectivity index (χ0n) is 18.7. The highest BCUT2D eigenvalue weighted by Crippen LogP contribution is 2.60. The number of rotatable bonds is 6. The number of thioether (sulfide) groups is 1. The molecule has 34 heavy (non-hydrogen) atoms. The second-order valence-corrected chi connectivity index (χ2v) is 12.9. The van der Waals surface area contributed by atoms with Gasteiger partial charge in [-0.05, 0) is 92.7 Å². The third kappa shape index (κ3) is 4.45. The molecule has 2 N–H and O–H groups in total. The maximum Gasteiger partial charge on any atom is 0.234 e. The van der Waals surface area contributed by atoms with E-state index in [4.69, 9.17) is 11.6 Å². The molecule has 2 aromatic carbocycles. The number of aromatic nitrogens is 1. The number of carbonyl (C=O) groups is 2. The van der Waals surface area contributed by atoms with Gasteiger partial charge in [0.05, 0.1) is 21.4 Å². The lowest BCUT2D eigenvalue weighted by atomic mass is 9.49. The van der Waals surface area contributed by atoms with E-state index in [-0.39, 0.29) is 23.0 Å². The van der Waals surface area contributed by atoms with Gasteiger partial charge in [-0.1, -0.05) is 29.4 Å². The molecule has 7 rings (SSSR count). The molecule has 0 spiro atoms. The van der Waals surface area contributed by atoms with Gasteiger partial charge in [-0.15, -0.1) is 11.3 Å². The smallest absolute Gasteiger partial charge is 0.234 e. The quantitative estimate of drug-likeness (QED) is 0.355. The Morgan fingerprint density at radius 1 is 1.00 bits per heavy atom. The van der Waals surface area contributed by atoms with Crippen LogP contribution in [0.2, 0.25) is 5.02 Å². The highest BCUT2D eigenvalue weighted by molar-refractivity contribution is 8.01. The maximum atomic E-state index is 13.3. The minimum Gasteiger partial charge on any atom is -0.326 e. The van der Waals surface area contributed by atoms with Gasteiger partial charge in [0, 0.05) is 16.4 Å². The van der Waals surface area contributed by atoms with E-state index in [1.165, 1.54) is 31.0 Å². The van der Waals surface area contributed by atoms with E-state index in [9.17, 15) is 9.59 Å². The van der Waals surface area contributed by atoms with Gasteiger partial charge >= 0.3 is 0 Å². The summed E-state index contributed by atoms with van der Waals surface area (Å²) in [6.45, 7) is 0. The van der Waals surface area contributed by atoms with Crippen LogP contribution < -0.4 is 10.6 Å². The average Bonchev–Trinajstić information content (AvgIpc) is 3.19. The van der Waals surface area contributed by atoms with Crippen LogP contribution in [0.15, 0.2) is 46.8 Å². The van der Waals surface area contributed by atoms with Crippen LogP contribution in [0.4, 0.5) is 11.4 Å². The fraction of sp³-hybridized carbons (Fsp3) is 0.423. The highest BCUT2D eigenvalue weighted by atomic mass is 35.5. The van der Waals surface area contributed by atoms with Crippen molar-refractivity contribution in [1.29, 1.82) is 0 Å². The molecule has 0 aliphatic heterocycles. The monoisotopic (exact) mass is 511 g/mol. The van der Waals surface area contributed by atoms with Crippen LogP contribution >= 0.6 is 34.7 Å². The largest absolute Gasteiger partial charge is 0.326 e. The van der Waals surface area contributed by atoms with Crippen LogP contribution in [-0.4, -0.2) is 22.6 Å². The van der Waals surface area contributed by atoms with E-state index in [0.717, 1.165) is 57.3 Å². The molecule has 4 aliphatic carbocycles. The van der Waals surface area contributed by atoms with Crippen LogP contribution in [0.5, 0.6) is 0 Å². The summed E-state index contributed by atoms with van der Waals surface area (Å²) in [7, 11) is 0. The molecular formula is C26H26ClN3O2S2. The van der Waals surface area contributed by atoms with E-state index in [1.807, 2.05) is 42.5 Å². The third-order valence-electron chi connectivity index (χ3n) is 7.58. The van der Waals surface area contributed by atoms with Crippen molar-refractivity contribution in [1.82, 2.24) is 4.98 Å². The number of thiazole rings is 1. The van der Waals surface area contributed by atoms with E-state index >= 15 is 0 Å². The lowest BCUT2D eigenvalue weighted by Crippen LogP contribution is -2.51. The number of hydrogen-bond donors (Lipinski definition) is 2. The van der Waals surface area contributed by atoms with Crippen LogP contribution in [-0.2, 0) is 9.59 Å². The second-order valence-electron chi connectivity index (χ2n) is 10.2. The van der Waals surface area contributed by atoms with Gasteiger partial charge < -0.3 is 10.6 Å². The van der Waals surface area contributed by atoms with E-state index < -0.39 is 0 Å². The second kappa shape index (κ2) is 8.85. The number of benzene rings is 2. The molecule has 4 saturated carbocycles. The molecule has 4 fully saturated rings. The number of halogens is 1. The standard InChI is InChI=1S/C26H26ClN3O2S2/c27-18-4-5-22-21(9-18)30-25(34-22)33-14-23(31)28-19-2-1-3-20(10-19)29-24(32)26-11-15-6-16(12-26)8-17(7-15)13-26/h1-5,9-10,15-17H,6-8,11-14H2,(H,28,31)(H,29,32). The molecule has 4 aliphatic rings. The zero-order chi connectivity index (χ0) is 23.3. The lowest BCUT2D eigenvalue weighted by molar-refractivity contribution is -0.140. The minimum absolute atomic E-state index is 0.105. The van der Waals surface area contributed by atoms with Crippen molar-refractivity contribution in [3.63, 3.8) is 0 Å². The van der Waals surface area contributed by atoms with Crippen molar-refractivity contribution < 1.29 is 9.59 Å². The van der Waals surface area contributed by atoms with Crippen molar-refractivity contribution in [3.05, 3.63) is 47.5 Å². The summed E-state index contributed by atoms with van der Waals surface area (Å²) in [6, 6.07) is 13.1. The van der Waals surface area contributed by atoms with Gasteiger partial charge in [-0.2, -0.15) is 0 Å². The number of anilines is 2. The molecule has 0 saturated heterocycles. The predicted octanol–water partition coefficient (Wildman–Crippen LogP) is 6.84. The first-order valence-electron chi connectivity index (χ1n) is 11.8. The fourth-order valence-corrected chi connectivity index (χ4v) is 8.61. The molecule has 0 unspecified atom stereocenters. The average molecular weight is 512 g/mol. The van der Waals surface area contributed by atoms with E-state index in [0.29, 0.717) is 10.7 Å². The zero-order valence-corrected chi connectivity index (χ0v) is 21.1. The number of carbonyl (C=O) groups excluding carboxylic acids is 2. The highest BCUT2D eigenvalue weighted by Gasteiger charge is 2.54. The molecule has 0 atom stereocenters. The Morgan fingerprint density at radius 3 is 2.38 bits per heavy atom. The number of hydrogen-bond acceptors (Lipinski definition) is 5. The Hall–Kier alpha value is -2.09. The first kappa shape index (κ1) is 22.4. The summed E-state index contributed by atoms with van der Waals surface area (Å²) in [4.78, 5) is 30.4. The lowest BCUT2D eigenvalue weighted by Gasteiger charge is -2.55. The molecule has 5 nitrogen and oxygen atoms in total. The SMILES string of the molecule is O=C(CSc1nc2cc(Cl)ccc2s1)Nc1cccc(NC(=O)C23CC4CC(CC(C4)C2)C3)c1. The third-order valence-corrected chi connectivity index (χ3v) is 10.00. The van der Waals surface area contributed by atoms with Gasteiger partial charge in [0.1, 0.15) is 0 Å². The molecule has 0 radical (unpaired) electrons. The molecule has 1 aromatic heterocycles. The Labute approximate surface area is 212 Å². The van der Waals surface area contributed by atoms with Crippen LogP contribution in [0.25, 0.3) is 10.2 Å². The number of fused-ring (bicyclic) bond motifs is 1. The van der Waals surface area contributed by atoms with Crippen molar-refractivity contribution in [3.8, 4) is 0 Å².